The molecule has 0 heterocycles. The molecule has 0 saturated carbocycles. The van der Waals surface area contributed by atoms with Gasteiger partial charge >= 0.3 is 6.18 Å². The minimum atomic E-state index is -4.32. The molecule has 3 nitrogen and oxygen atoms in total. The van der Waals surface area contributed by atoms with E-state index in [1.807, 2.05) is 31.2 Å². The summed E-state index contributed by atoms with van der Waals surface area (Å²) in [5, 5.41) is 3.00. The third-order valence-corrected chi connectivity index (χ3v) is 6.50. The number of benzene rings is 2. The van der Waals surface area contributed by atoms with Crippen molar-refractivity contribution in [2.24, 2.45) is 0 Å². The van der Waals surface area contributed by atoms with Gasteiger partial charge in [-0.3, -0.25) is 9.69 Å². The topological polar surface area (TPSA) is 33.5 Å². The summed E-state index contributed by atoms with van der Waals surface area (Å²) >= 11 is 0. The van der Waals surface area contributed by atoms with Gasteiger partial charge in [-0.2, -0.15) is 13.2 Å². The molecule has 1 amide bonds. The van der Waals surface area contributed by atoms with Crippen molar-refractivity contribution in [2.75, 3.05) is 13.1 Å². The molecule has 1 atom stereocenters. The third-order valence-electron chi connectivity index (χ3n) is 6.50. The number of amides is 1. The van der Waals surface area contributed by atoms with Crippen molar-refractivity contribution in [3.05, 3.63) is 65.2 Å². The van der Waals surface area contributed by atoms with Gasteiger partial charge in [-0.1, -0.05) is 76.8 Å². The average Bonchev–Trinajstić information content (AvgIpc) is 2.85. The molecule has 2 N–H and O–H groups in total. The van der Waals surface area contributed by atoms with Crippen LogP contribution in [0.1, 0.15) is 99.5 Å². The highest BCUT2D eigenvalue weighted by Gasteiger charge is 2.30. The highest BCUT2D eigenvalue weighted by Crippen LogP contribution is 2.29. The Hall–Kier alpha value is -2.34. The minimum Gasteiger partial charge on any atom is -0.352 e. The molecule has 35 heavy (non-hydrogen) atoms. The number of hydrogen-bond acceptors (Lipinski definition) is 1. The van der Waals surface area contributed by atoms with E-state index in [0.29, 0.717) is 18.7 Å². The second kappa shape index (κ2) is 15.6. The highest BCUT2D eigenvalue weighted by molar-refractivity contribution is 5.94. The van der Waals surface area contributed by atoms with E-state index < -0.39 is 11.7 Å². The first-order valence-electron chi connectivity index (χ1n) is 13.2. The Morgan fingerprint density at radius 1 is 0.771 bits per heavy atom. The molecule has 0 bridgehead atoms. The van der Waals surface area contributed by atoms with Crippen LogP contribution in [0.2, 0.25) is 0 Å². The first kappa shape index (κ1) is 28.9. The summed E-state index contributed by atoms with van der Waals surface area (Å²) in [6.07, 6.45) is 8.36. The number of unbranched alkanes of at least 4 members (excludes halogenated alkanes) is 9. The molecule has 2 aromatic carbocycles. The van der Waals surface area contributed by atoms with E-state index in [0.717, 1.165) is 47.7 Å². The zero-order valence-electron chi connectivity index (χ0n) is 21.4. The van der Waals surface area contributed by atoms with Crippen LogP contribution in [0.5, 0.6) is 0 Å². The quantitative estimate of drug-likeness (QED) is 0.241. The first-order chi connectivity index (χ1) is 16.8. The van der Waals surface area contributed by atoms with E-state index in [2.05, 4.69) is 12.2 Å². The molecule has 6 heteroatoms. The number of rotatable bonds is 16. The molecule has 0 radical (unpaired) electrons. The van der Waals surface area contributed by atoms with Crippen molar-refractivity contribution >= 4 is 11.6 Å². The fourth-order valence-electron chi connectivity index (χ4n) is 4.26. The van der Waals surface area contributed by atoms with Crippen molar-refractivity contribution in [1.29, 1.82) is 0 Å². The van der Waals surface area contributed by atoms with E-state index in [1.165, 1.54) is 63.5 Å². The van der Waals surface area contributed by atoms with Crippen LogP contribution in [-0.4, -0.2) is 19.0 Å². The SMILES string of the molecule is CCCCCCCCCCCCNC(=O)c1ccc(C[NH+](CC)c2ccc(C(F)(F)F)cc2)cc1. The van der Waals surface area contributed by atoms with Crippen LogP contribution in [0, 0.1) is 0 Å². The lowest BCUT2D eigenvalue weighted by Crippen LogP contribution is -3.05. The van der Waals surface area contributed by atoms with E-state index >= 15 is 0 Å². The van der Waals surface area contributed by atoms with Gasteiger partial charge in [-0.25, -0.2) is 0 Å². The predicted octanol–water partition coefficient (Wildman–Crippen LogP) is 7.09. The van der Waals surface area contributed by atoms with Crippen LogP contribution >= 0.6 is 0 Å². The number of halogens is 3. The van der Waals surface area contributed by atoms with Gasteiger partial charge < -0.3 is 5.32 Å². The highest BCUT2D eigenvalue weighted by atomic mass is 19.4. The smallest absolute Gasteiger partial charge is 0.352 e. The number of alkyl halides is 3. The molecule has 0 aliphatic carbocycles. The molecule has 0 aliphatic heterocycles. The zero-order valence-corrected chi connectivity index (χ0v) is 21.4. The van der Waals surface area contributed by atoms with Gasteiger partial charge in [0.15, 0.2) is 0 Å². The van der Waals surface area contributed by atoms with Gasteiger partial charge in [-0.05, 0) is 49.7 Å². The van der Waals surface area contributed by atoms with Crippen molar-refractivity contribution in [2.45, 2.75) is 90.8 Å². The van der Waals surface area contributed by atoms with Crippen LogP contribution in [0.4, 0.5) is 18.9 Å². The summed E-state index contributed by atoms with van der Waals surface area (Å²) in [6.45, 7) is 6.32. The van der Waals surface area contributed by atoms with Gasteiger partial charge in [-0.15, -0.1) is 0 Å². The lowest BCUT2D eigenvalue weighted by Gasteiger charge is -2.18. The summed E-state index contributed by atoms with van der Waals surface area (Å²) in [5.74, 6) is -0.0603. The van der Waals surface area contributed by atoms with Crippen LogP contribution in [0.15, 0.2) is 48.5 Å². The Balaban J connectivity index is 1.70. The lowest BCUT2D eigenvalue weighted by molar-refractivity contribution is -0.845. The molecule has 0 spiro atoms. The van der Waals surface area contributed by atoms with Crippen LogP contribution in [0.3, 0.4) is 0 Å². The Morgan fingerprint density at radius 3 is 1.83 bits per heavy atom. The Kier molecular flexibility index (Phi) is 12.9. The van der Waals surface area contributed by atoms with E-state index in [4.69, 9.17) is 0 Å². The third kappa shape index (κ3) is 10.9. The van der Waals surface area contributed by atoms with Gasteiger partial charge in [0.05, 0.1) is 12.1 Å². The maximum atomic E-state index is 12.8. The van der Waals surface area contributed by atoms with E-state index in [1.54, 1.807) is 0 Å². The first-order valence-corrected chi connectivity index (χ1v) is 13.2. The van der Waals surface area contributed by atoms with Crippen molar-refractivity contribution in [3.63, 3.8) is 0 Å². The summed E-state index contributed by atoms with van der Waals surface area (Å²) < 4.78 is 38.5. The standard InChI is InChI=1S/C29H41F3N2O/c1-3-5-6-7-8-9-10-11-12-13-22-33-28(35)25-16-14-24(15-17-25)23-34(4-2)27-20-18-26(19-21-27)29(30,31)32/h14-21H,3-13,22-23H2,1-2H3,(H,33,35)/p+1. The Morgan fingerprint density at radius 2 is 1.31 bits per heavy atom. The van der Waals surface area contributed by atoms with E-state index in [9.17, 15) is 18.0 Å². The van der Waals surface area contributed by atoms with Gasteiger partial charge in [0.2, 0.25) is 0 Å². The normalized spacial score (nSPS) is 12.5. The predicted molar refractivity (Wildman–Crippen MR) is 137 cm³/mol. The number of carbonyl (C=O) groups is 1. The van der Waals surface area contributed by atoms with Gasteiger partial charge in [0, 0.05) is 17.7 Å². The van der Waals surface area contributed by atoms with E-state index in [-0.39, 0.29) is 5.91 Å². The summed E-state index contributed by atoms with van der Waals surface area (Å²) in [4.78, 5) is 13.5. The number of quaternary nitrogens is 1. The van der Waals surface area contributed by atoms with Gasteiger partial charge in [0.25, 0.3) is 5.91 Å². The van der Waals surface area contributed by atoms with Crippen molar-refractivity contribution in [3.8, 4) is 0 Å². The van der Waals surface area contributed by atoms with Crippen molar-refractivity contribution < 1.29 is 22.9 Å². The molecule has 194 valence electrons. The monoisotopic (exact) mass is 491 g/mol. The van der Waals surface area contributed by atoms with Gasteiger partial charge in [0.1, 0.15) is 12.2 Å². The maximum absolute atomic E-state index is 12.8. The zero-order chi connectivity index (χ0) is 25.5. The van der Waals surface area contributed by atoms with Crippen LogP contribution < -0.4 is 10.2 Å². The molecule has 0 fully saturated rings. The molecule has 2 rings (SSSR count). The average molecular weight is 492 g/mol. The van der Waals surface area contributed by atoms with Crippen LogP contribution in [0.25, 0.3) is 0 Å². The molecule has 2 aromatic rings. The minimum absolute atomic E-state index is 0.0603. The molecule has 0 saturated heterocycles. The molecular weight excluding hydrogens is 449 g/mol. The number of nitrogens with one attached hydrogen (secondary N) is 2. The second-order valence-corrected chi connectivity index (χ2v) is 9.34. The number of carbonyl (C=O) groups excluding carboxylic acids is 1. The fraction of sp³-hybridized carbons (Fsp3) is 0.552. The number of hydrogen-bond donors (Lipinski definition) is 2. The molecular formula is C29H42F3N2O+. The largest absolute Gasteiger partial charge is 0.416 e. The molecule has 0 aliphatic rings. The lowest BCUT2D eigenvalue weighted by atomic mass is 10.1. The van der Waals surface area contributed by atoms with Crippen molar-refractivity contribution in [1.82, 2.24) is 5.32 Å². The maximum Gasteiger partial charge on any atom is 0.416 e. The van der Waals surface area contributed by atoms with Crippen LogP contribution in [-0.2, 0) is 12.7 Å². The Labute approximate surface area is 209 Å². The second-order valence-electron chi connectivity index (χ2n) is 9.34. The summed E-state index contributed by atoms with van der Waals surface area (Å²) in [6, 6.07) is 12.8. The summed E-state index contributed by atoms with van der Waals surface area (Å²) in [5.41, 5.74) is 1.85. The molecule has 0 aromatic heterocycles. The molecule has 1 unspecified atom stereocenters. The summed E-state index contributed by atoms with van der Waals surface area (Å²) in [7, 11) is 0. The fourth-order valence-corrected chi connectivity index (χ4v) is 4.26. The Bertz CT molecular complexity index is 848.